The molecule has 1 aromatic heterocycles. The third-order valence-electron chi connectivity index (χ3n) is 2.82. The van der Waals surface area contributed by atoms with Crippen LogP contribution in [0.5, 0.6) is 0 Å². The molecule has 112 valence electrons. The van der Waals surface area contributed by atoms with Crippen LogP contribution in [0.2, 0.25) is 0 Å². The number of hydrogen-bond donors (Lipinski definition) is 2. The Labute approximate surface area is 117 Å². The van der Waals surface area contributed by atoms with E-state index in [1.54, 1.807) is 17.9 Å². The molecule has 0 radical (unpaired) electrons. The zero-order chi connectivity index (χ0) is 15.3. The van der Waals surface area contributed by atoms with Gasteiger partial charge in [0.2, 0.25) is 0 Å². The molecule has 2 N–H and O–H groups in total. The third-order valence-corrected chi connectivity index (χ3v) is 2.82. The van der Waals surface area contributed by atoms with Gasteiger partial charge in [0.15, 0.2) is 6.10 Å². The second-order valence-electron chi connectivity index (χ2n) is 5.09. The van der Waals surface area contributed by atoms with Crippen molar-refractivity contribution in [2.75, 3.05) is 7.11 Å². The van der Waals surface area contributed by atoms with Gasteiger partial charge >= 0.3 is 5.97 Å². The van der Waals surface area contributed by atoms with Crippen molar-refractivity contribution >= 4 is 11.9 Å². The molecule has 0 spiro atoms. The van der Waals surface area contributed by atoms with E-state index in [0.717, 1.165) is 0 Å². The van der Waals surface area contributed by atoms with Crippen LogP contribution in [-0.2, 0) is 21.4 Å². The maximum atomic E-state index is 12.1. The zero-order valence-corrected chi connectivity index (χ0v) is 12.2. The van der Waals surface area contributed by atoms with Gasteiger partial charge in [-0.15, -0.1) is 0 Å². The van der Waals surface area contributed by atoms with Crippen molar-refractivity contribution in [3.05, 3.63) is 18.0 Å². The topological polar surface area (TPSA) is 93.4 Å². The second-order valence-corrected chi connectivity index (χ2v) is 5.09. The molecular formula is C13H21N3O4. The largest absolute Gasteiger partial charge is 0.480 e. The first-order valence-electron chi connectivity index (χ1n) is 6.39. The number of carboxylic acids is 1. The van der Waals surface area contributed by atoms with Crippen LogP contribution in [0.15, 0.2) is 12.4 Å². The first kappa shape index (κ1) is 16.2. The lowest BCUT2D eigenvalue weighted by Crippen LogP contribution is -2.44. The monoisotopic (exact) mass is 283 g/mol. The van der Waals surface area contributed by atoms with Crippen LogP contribution in [-0.4, -0.2) is 39.9 Å². The summed E-state index contributed by atoms with van der Waals surface area (Å²) in [6.45, 7) is 3.80. The normalized spacial score (nSPS) is 14.1. The first-order chi connectivity index (χ1) is 9.35. The number of hydrogen-bond acceptors (Lipinski definition) is 4. The minimum atomic E-state index is -1.05. The number of amides is 1. The van der Waals surface area contributed by atoms with Crippen LogP contribution in [0, 0.1) is 5.92 Å². The maximum Gasteiger partial charge on any atom is 0.326 e. The average Bonchev–Trinajstić information content (AvgIpc) is 2.75. The van der Waals surface area contributed by atoms with Gasteiger partial charge in [-0.05, 0) is 12.3 Å². The van der Waals surface area contributed by atoms with Crippen LogP contribution >= 0.6 is 0 Å². The number of carbonyl (C=O) groups excluding carboxylic acids is 1. The lowest BCUT2D eigenvalue weighted by atomic mass is 10.0. The number of methoxy groups -OCH3 is 1. The number of aromatic nitrogens is 2. The van der Waals surface area contributed by atoms with E-state index in [2.05, 4.69) is 10.4 Å². The summed E-state index contributed by atoms with van der Waals surface area (Å²) in [5.41, 5.74) is 0.584. The SMILES string of the molecule is COC(C(=O)NC(CC(C)C)C(=O)O)c1cnn(C)c1. The highest BCUT2D eigenvalue weighted by Gasteiger charge is 2.27. The number of nitrogens with zero attached hydrogens (tertiary/aromatic N) is 2. The second kappa shape index (κ2) is 7.04. The Kier molecular flexibility index (Phi) is 5.69. The predicted octanol–water partition coefficient (Wildman–Crippen LogP) is 0.723. The molecule has 0 aliphatic carbocycles. The van der Waals surface area contributed by atoms with E-state index in [1.807, 2.05) is 13.8 Å². The summed E-state index contributed by atoms with van der Waals surface area (Å²) in [6.07, 6.45) is 2.68. The fourth-order valence-electron chi connectivity index (χ4n) is 1.91. The number of rotatable bonds is 7. The quantitative estimate of drug-likeness (QED) is 0.769. The van der Waals surface area contributed by atoms with Gasteiger partial charge in [-0.25, -0.2) is 4.79 Å². The Morgan fingerprint density at radius 1 is 1.50 bits per heavy atom. The fourth-order valence-corrected chi connectivity index (χ4v) is 1.91. The van der Waals surface area contributed by atoms with E-state index in [0.29, 0.717) is 12.0 Å². The standard InChI is InChI=1S/C13H21N3O4/c1-8(2)5-10(13(18)19)15-12(17)11(20-4)9-6-14-16(3)7-9/h6-8,10-11H,5H2,1-4H3,(H,15,17)(H,18,19). The molecule has 20 heavy (non-hydrogen) atoms. The number of ether oxygens (including phenoxy) is 1. The van der Waals surface area contributed by atoms with Gasteiger partial charge in [0.1, 0.15) is 6.04 Å². The molecule has 1 heterocycles. The molecule has 7 nitrogen and oxygen atoms in total. The molecule has 0 saturated heterocycles. The van der Waals surface area contributed by atoms with E-state index < -0.39 is 24.0 Å². The van der Waals surface area contributed by atoms with Crippen molar-refractivity contribution in [1.29, 1.82) is 0 Å². The summed E-state index contributed by atoms with van der Waals surface area (Å²) >= 11 is 0. The molecule has 0 bridgehead atoms. The van der Waals surface area contributed by atoms with E-state index in [4.69, 9.17) is 9.84 Å². The van der Waals surface area contributed by atoms with Crippen molar-refractivity contribution in [2.45, 2.75) is 32.4 Å². The Balaban J connectivity index is 2.78. The molecule has 2 atom stereocenters. The maximum absolute atomic E-state index is 12.1. The van der Waals surface area contributed by atoms with E-state index in [-0.39, 0.29) is 5.92 Å². The molecule has 0 aliphatic heterocycles. The zero-order valence-electron chi connectivity index (χ0n) is 12.2. The Morgan fingerprint density at radius 3 is 2.55 bits per heavy atom. The van der Waals surface area contributed by atoms with Crippen molar-refractivity contribution < 1.29 is 19.4 Å². The van der Waals surface area contributed by atoms with E-state index in [1.165, 1.54) is 13.3 Å². The highest BCUT2D eigenvalue weighted by atomic mass is 16.5. The number of aliphatic carboxylic acids is 1. The van der Waals surface area contributed by atoms with Gasteiger partial charge in [-0.3, -0.25) is 9.48 Å². The van der Waals surface area contributed by atoms with Gasteiger partial charge in [-0.1, -0.05) is 13.8 Å². The molecule has 0 aromatic carbocycles. The smallest absolute Gasteiger partial charge is 0.326 e. The molecule has 1 rings (SSSR count). The van der Waals surface area contributed by atoms with Gasteiger partial charge in [-0.2, -0.15) is 5.10 Å². The van der Waals surface area contributed by atoms with Gasteiger partial charge in [0.05, 0.1) is 6.20 Å². The third kappa shape index (κ3) is 4.34. The summed E-state index contributed by atoms with van der Waals surface area (Å²) < 4.78 is 6.69. The number of carboxylic acid groups (broad SMARTS) is 1. The Hall–Kier alpha value is -1.89. The minimum Gasteiger partial charge on any atom is -0.480 e. The molecular weight excluding hydrogens is 262 g/mol. The van der Waals surface area contributed by atoms with Gasteiger partial charge in [0.25, 0.3) is 5.91 Å². The summed E-state index contributed by atoms with van der Waals surface area (Å²) in [5.74, 6) is -1.36. The summed E-state index contributed by atoms with van der Waals surface area (Å²) in [6, 6.07) is -0.920. The molecule has 2 unspecified atom stereocenters. The van der Waals surface area contributed by atoms with E-state index in [9.17, 15) is 9.59 Å². The summed E-state index contributed by atoms with van der Waals surface area (Å²) in [5, 5.41) is 15.6. The molecule has 0 fully saturated rings. The number of aryl methyl sites for hydroxylation is 1. The minimum absolute atomic E-state index is 0.163. The van der Waals surface area contributed by atoms with Crippen LogP contribution in [0.4, 0.5) is 0 Å². The number of nitrogens with one attached hydrogen (secondary N) is 1. The predicted molar refractivity (Wildman–Crippen MR) is 72.0 cm³/mol. The Bertz CT molecular complexity index is 470. The Morgan fingerprint density at radius 2 is 2.15 bits per heavy atom. The van der Waals surface area contributed by atoms with Crippen LogP contribution < -0.4 is 5.32 Å². The molecule has 1 aromatic rings. The summed E-state index contributed by atoms with van der Waals surface area (Å²) in [7, 11) is 3.13. The fraction of sp³-hybridized carbons (Fsp3) is 0.615. The summed E-state index contributed by atoms with van der Waals surface area (Å²) in [4.78, 5) is 23.3. The van der Waals surface area contributed by atoms with Crippen LogP contribution in [0.25, 0.3) is 0 Å². The molecule has 1 amide bonds. The lowest BCUT2D eigenvalue weighted by molar-refractivity contribution is -0.144. The molecule has 7 heteroatoms. The van der Waals surface area contributed by atoms with Gasteiger partial charge < -0.3 is 15.2 Å². The highest BCUT2D eigenvalue weighted by molar-refractivity contribution is 5.87. The van der Waals surface area contributed by atoms with Crippen LogP contribution in [0.3, 0.4) is 0 Å². The molecule has 0 aliphatic rings. The first-order valence-corrected chi connectivity index (χ1v) is 6.39. The highest BCUT2D eigenvalue weighted by Crippen LogP contribution is 2.16. The lowest BCUT2D eigenvalue weighted by Gasteiger charge is -2.20. The van der Waals surface area contributed by atoms with Crippen LogP contribution in [0.1, 0.15) is 31.9 Å². The van der Waals surface area contributed by atoms with E-state index >= 15 is 0 Å². The average molecular weight is 283 g/mol. The van der Waals surface area contributed by atoms with Crippen molar-refractivity contribution in [2.24, 2.45) is 13.0 Å². The van der Waals surface area contributed by atoms with Gasteiger partial charge in [0, 0.05) is 25.9 Å². The van der Waals surface area contributed by atoms with Crippen molar-refractivity contribution in [3.63, 3.8) is 0 Å². The number of carbonyl (C=O) groups is 2. The van der Waals surface area contributed by atoms with Crippen molar-refractivity contribution in [3.8, 4) is 0 Å². The molecule has 0 saturated carbocycles. The van der Waals surface area contributed by atoms with Crippen molar-refractivity contribution in [1.82, 2.24) is 15.1 Å².